The van der Waals surface area contributed by atoms with Crippen LogP contribution in [0.1, 0.15) is 6.92 Å². The SMILES string of the molecule is CC1CNCC1C(=O)NCC(Cl)Cl. The molecule has 0 saturated carbocycles. The van der Waals surface area contributed by atoms with E-state index < -0.39 is 4.84 Å². The fraction of sp³-hybridized carbons (Fsp3) is 0.875. The van der Waals surface area contributed by atoms with E-state index in [1.807, 2.05) is 0 Å². The number of halogens is 2. The number of nitrogens with one attached hydrogen (secondary N) is 2. The zero-order valence-corrected chi connectivity index (χ0v) is 9.03. The lowest BCUT2D eigenvalue weighted by atomic mass is 9.97. The minimum absolute atomic E-state index is 0.0452. The molecule has 0 spiro atoms. The Balaban J connectivity index is 2.30. The lowest BCUT2D eigenvalue weighted by Gasteiger charge is -2.14. The zero-order chi connectivity index (χ0) is 9.84. The highest BCUT2D eigenvalue weighted by Crippen LogP contribution is 2.15. The van der Waals surface area contributed by atoms with E-state index in [0.717, 1.165) is 13.1 Å². The minimum atomic E-state index is -0.520. The molecule has 0 aromatic heterocycles. The second kappa shape index (κ2) is 5.03. The van der Waals surface area contributed by atoms with Crippen LogP contribution in [0.5, 0.6) is 0 Å². The fourth-order valence-corrected chi connectivity index (χ4v) is 1.62. The van der Waals surface area contributed by atoms with E-state index in [0.29, 0.717) is 12.5 Å². The Labute approximate surface area is 88.2 Å². The van der Waals surface area contributed by atoms with Crippen LogP contribution in [0, 0.1) is 11.8 Å². The normalized spacial score (nSPS) is 28.0. The average molecular weight is 225 g/mol. The standard InChI is InChI=1S/C8H14Cl2N2O/c1-5-2-11-3-6(5)8(13)12-4-7(9)10/h5-7,11H,2-4H2,1H3,(H,12,13). The lowest BCUT2D eigenvalue weighted by molar-refractivity contribution is -0.125. The summed E-state index contributed by atoms with van der Waals surface area (Å²) in [6, 6.07) is 0. The first-order valence-corrected chi connectivity index (χ1v) is 5.25. The van der Waals surface area contributed by atoms with Crippen LogP contribution in [-0.4, -0.2) is 30.4 Å². The molecule has 0 aromatic rings. The number of rotatable bonds is 3. The van der Waals surface area contributed by atoms with Crippen LogP contribution in [0.2, 0.25) is 0 Å². The Morgan fingerprint density at radius 3 is 2.77 bits per heavy atom. The van der Waals surface area contributed by atoms with Crippen molar-refractivity contribution in [3.05, 3.63) is 0 Å². The van der Waals surface area contributed by atoms with Gasteiger partial charge >= 0.3 is 0 Å². The Bertz CT molecular complexity index is 187. The van der Waals surface area contributed by atoms with E-state index >= 15 is 0 Å². The molecule has 1 heterocycles. The molecule has 0 radical (unpaired) electrons. The van der Waals surface area contributed by atoms with Gasteiger partial charge in [0.15, 0.2) is 0 Å². The van der Waals surface area contributed by atoms with Crippen molar-refractivity contribution in [2.75, 3.05) is 19.6 Å². The number of amides is 1. The Kier molecular flexibility index (Phi) is 4.29. The highest BCUT2D eigenvalue weighted by molar-refractivity contribution is 6.44. The van der Waals surface area contributed by atoms with Crippen LogP contribution in [0.25, 0.3) is 0 Å². The molecule has 76 valence electrons. The van der Waals surface area contributed by atoms with E-state index in [1.165, 1.54) is 0 Å². The number of hydrogen-bond donors (Lipinski definition) is 2. The Hall–Kier alpha value is 0.01000. The number of hydrogen-bond acceptors (Lipinski definition) is 2. The van der Waals surface area contributed by atoms with Crippen molar-refractivity contribution in [2.45, 2.75) is 11.8 Å². The van der Waals surface area contributed by atoms with Crippen molar-refractivity contribution >= 4 is 29.1 Å². The van der Waals surface area contributed by atoms with Gasteiger partial charge in [-0.2, -0.15) is 0 Å². The highest BCUT2D eigenvalue weighted by Gasteiger charge is 2.29. The molecule has 3 nitrogen and oxygen atoms in total. The Morgan fingerprint density at radius 1 is 1.62 bits per heavy atom. The second-order valence-electron chi connectivity index (χ2n) is 3.38. The molecule has 2 unspecified atom stereocenters. The van der Waals surface area contributed by atoms with E-state index in [4.69, 9.17) is 23.2 Å². The molecule has 1 amide bonds. The molecular weight excluding hydrogens is 211 g/mol. The van der Waals surface area contributed by atoms with Crippen molar-refractivity contribution in [2.24, 2.45) is 11.8 Å². The summed E-state index contributed by atoms with van der Waals surface area (Å²) < 4.78 is 0. The van der Waals surface area contributed by atoms with Gasteiger partial charge in [0, 0.05) is 13.1 Å². The monoisotopic (exact) mass is 224 g/mol. The third-order valence-electron chi connectivity index (χ3n) is 2.28. The molecule has 1 fully saturated rings. The predicted octanol–water partition coefficient (Wildman–Crippen LogP) is 0.762. The Morgan fingerprint density at radius 2 is 2.31 bits per heavy atom. The van der Waals surface area contributed by atoms with Crippen LogP contribution in [0.15, 0.2) is 0 Å². The lowest BCUT2D eigenvalue weighted by Crippen LogP contribution is -2.36. The van der Waals surface area contributed by atoms with Crippen LogP contribution >= 0.6 is 23.2 Å². The third kappa shape index (κ3) is 3.33. The fourth-order valence-electron chi connectivity index (χ4n) is 1.47. The van der Waals surface area contributed by atoms with E-state index in [-0.39, 0.29) is 11.8 Å². The molecular formula is C8H14Cl2N2O. The molecule has 0 aliphatic carbocycles. The molecule has 1 aliphatic heterocycles. The quantitative estimate of drug-likeness (QED) is 0.696. The molecule has 1 rings (SSSR count). The number of carbonyl (C=O) groups excluding carboxylic acids is 1. The van der Waals surface area contributed by atoms with Crippen molar-refractivity contribution in [3.63, 3.8) is 0 Å². The molecule has 5 heteroatoms. The van der Waals surface area contributed by atoms with Gasteiger partial charge in [0.1, 0.15) is 4.84 Å². The van der Waals surface area contributed by atoms with Gasteiger partial charge in [0.2, 0.25) is 5.91 Å². The molecule has 1 saturated heterocycles. The van der Waals surface area contributed by atoms with Crippen molar-refractivity contribution in [1.29, 1.82) is 0 Å². The van der Waals surface area contributed by atoms with Gasteiger partial charge in [-0.05, 0) is 12.5 Å². The van der Waals surface area contributed by atoms with Gasteiger partial charge in [-0.15, -0.1) is 23.2 Å². The maximum Gasteiger partial charge on any atom is 0.224 e. The molecule has 13 heavy (non-hydrogen) atoms. The maximum absolute atomic E-state index is 11.5. The summed E-state index contributed by atoms with van der Waals surface area (Å²) in [5.41, 5.74) is 0. The van der Waals surface area contributed by atoms with Crippen molar-refractivity contribution in [3.8, 4) is 0 Å². The summed E-state index contributed by atoms with van der Waals surface area (Å²) >= 11 is 11.0. The summed E-state index contributed by atoms with van der Waals surface area (Å²) in [5.74, 6) is 0.500. The summed E-state index contributed by atoms with van der Waals surface area (Å²) in [7, 11) is 0. The predicted molar refractivity (Wildman–Crippen MR) is 54.0 cm³/mol. The van der Waals surface area contributed by atoms with E-state index in [2.05, 4.69) is 17.6 Å². The molecule has 2 atom stereocenters. The van der Waals surface area contributed by atoms with Crippen molar-refractivity contribution < 1.29 is 4.79 Å². The van der Waals surface area contributed by atoms with Crippen molar-refractivity contribution in [1.82, 2.24) is 10.6 Å². The largest absolute Gasteiger partial charge is 0.353 e. The van der Waals surface area contributed by atoms with Crippen LogP contribution in [0.3, 0.4) is 0 Å². The zero-order valence-electron chi connectivity index (χ0n) is 7.52. The van der Waals surface area contributed by atoms with Crippen LogP contribution in [-0.2, 0) is 4.79 Å². The molecule has 1 aliphatic rings. The van der Waals surface area contributed by atoms with Gasteiger partial charge < -0.3 is 10.6 Å². The summed E-state index contributed by atoms with van der Waals surface area (Å²) in [4.78, 5) is 11.0. The summed E-state index contributed by atoms with van der Waals surface area (Å²) in [6.45, 7) is 4.04. The number of alkyl halides is 2. The van der Waals surface area contributed by atoms with Gasteiger partial charge in [-0.25, -0.2) is 0 Å². The highest BCUT2D eigenvalue weighted by atomic mass is 35.5. The van der Waals surface area contributed by atoms with Gasteiger partial charge in [-0.3, -0.25) is 4.79 Å². The first-order chi connectivity index (χ1) is 6.11. The van der Waals surface area contributed by atoms with Crippen LogP contribution < -0.4 is 10.6 Å². The summed E-state index contributed by atoms with van der Waals surface area (Å²) in [5, 5.41) is 5.88. The van der Waals surface area contributed by atoms with Gasteiger partial charge in [0.05, 0.1) is 5.92 Å². The average Bonchev–Trinajstić information content (AvgIpc) is 2.47. The van der Waals surface area contributed by atoms with E-state index in [1.54, 1.807) is 0 Å². The third-order valence-corrected chi connectivity index (χ3v) is 2.59. The van der Waals surface area contributed by atoms with Crippen LogP contribution in [0.4, 0.5) is 0 Å². The molecule has 0 aromatic carbocycles. The minimum Gasteiger partial charge on any atom is -0.353 e. The molecule has 2 N–H and O–H groups in total. The first-order valence-electron chi connectivity index (χ1n) is 4.38. The van der Waals surface area contributed by atoms with E-state index in [9.17, 15) is 4.79 Å². The maximum atomic E-state index is 11.5. The topological polar surface area (TPSA) is 41.1 Å². The van der Waals surface area contributed by atoms with Gasteiger partial charge in [-0.1, -0.05) is 6.92 Å². The first kappa shape index (κ1) is 11.1. The smallest absolute Gasteiger partial charge is 0.224 e. The number of carbonyl (C=O) groups is 1. The van der Waals surface area contributed by atoms with Gasteiger partial charge in [0.25, 0.3) is 0 Å². The summed E-state index contributed by atoms with van der Waals surface area (Å²) in [6.07, 6.45) is 0. The second-order valence-corrected chi connectivity index (χ2v) is 4.66. The molecule has 0 bridgehead atoms.